The Bertz CT molecular complexity index is 260. The van der Waals surface area contributed by atoms with E-state index in [4.69, 9.17) is 4.74 Å². The average molecular weight is 284 g/mol. The molecule has 120 valence electrons. The molecular weight excluding hydrogens is 248 g/mol. The molecule has 1 saturated heterocycles. The van der Waals surface area contributed by atoms with Gasteiger partial charge in [-0.1, -0.05) is 27.7 Å². The second-order valence-electron chi connectivity index (χ2n) is 7.59. The zero-order valence-corrected chi connectivity index (χ0v) is 14.5. The first-order valence-electron chi connectivity index (χ1n) is 8.36. The van der Waals surface area contributed by atoms with Crippen LogP contribution in [-0.2, 0) is 4.74 Å². The Morgan fingerprint density at radius 3 is 2.40 bits per heavy atom. The van der Waals surface area contributed by atoms with Gasteiger partial charge in [0.15, 0.2) is 0 Å². The minimum absolute atomic E-state index is 0.294. The number of nitrogens with one attached hydrogen (secondary N) is 1. The number of hydrogen-bond acceptors (Lipinski definition) is 3. The first-order valence-corrected chi connectivity index (χ1v) is 8.36. The molecule has 1 rings (SSSR count). The van der Waals surface area contributed by atoms with Crippen molar-refractivity contribution in [3.8, 4) is 0 Å². The predicted molar refractivity (Wildman–Crippen MR) is 87.2 cm³/mol. The van der Waals surface area contributed by atoms with Crippen molar-refractivity contribution in [2.75, 3.05) is 33.4 Å². The largest absolute Gasteiger partial charge is 0.381 e. The van der Waals surface area contributed by atoms with Gasteiger partial charge in [-0.2, -0.15) is 0 Å². The summed E-state index contributed by atoms with van der Waals surface area (Å²) in [5, 5.41) is 3.63. The summed E-state index contributed by atoms with van der Waals surface area (Å²) in [6.45, 7) is 15.5. The molecular formula is C17H36N2O. The third-order valence-electron chi connectivity index (χ3n) is 4.44. The van der Waals surface area contributed by atoms with Crippen molar-refractivity contribution in [2.45, 2.75) is 66.0 Å². The smallest absolute Gasteiger partial charge is 0.0546 e. The molecule has 1 aliphatic heterocycles. The van der Waals surface area contributed by atoms with Gasteiger partial charge in [0.05, 0.1) is 6.61 Å². The van der Waals surface area contributed by atoms with Crippen LogP contribution in [0.3, 0.4) is 0 Å². The molecule has 0 bridgehead atoms. The van der Waals surface area contributed by atoms with Crippen molar-refractivity contribution in [1.29, 1.82) is 0 Å². The van der Waals surface area contributed by atoms with Gasteiger partial charge in [0.1, 0.15) is 0 Å². The molecule has 0 aromatic rings. The standard InChI is InChI=1S/C17H36N2O/c1-14(2)10-16(5)19(6)12-17(11-18-15(3)4)8-7-9-20-13-17/h14-16,18H,7-13H2,1-6H3. The third kappa shape index (κ3) is 6.11. The molecule has 1 aliphatic rings. The Labute approximate surface area is 126 Å². The Hall–Kier alpha value is -0.120. The van der Waals surface area contributed by atoms with Crippen molar-refractivity contribution in [2.24, 2.45) is 11.3 Å². The maximum atomic E-state index is 5.81. The normalized spacial score (nSPS) is 25.6. The topological polar surface area (TPSA) is 24.5 Å². The van der Waals surface area contributed by atoms with Gasteiger partial charge in [-0.25, -0.2) is 0 Å². The second-order valence-corrected chi connectivity index (χ2v) is 7.59. The molecule has 1 N–H and O–H groups in total. The molecule has 1 fully saturated rings. The number of ether oxygens (including phenoxy) is 1. The first kappa shape index (κ1) is 17.9. The lowest BCUT2D eigenvalue weighted by atomic mass is 9.81. The van der Waals surface area contributed by atoms with Crippen LogP contribution in [0.2, 0.25) is 0 Å². The summed E-state index contributed by atoms with van der Waals surface area (Å²) in [7, 11) is 2.28. The highest BCUT2D eigenvalue weighted by atomic mass is 16.5. The lowest BCUT2D eigenvalue weighted by molar-refractivity contribution is -0.0291. The highest BCUT2D eigenvalue weighted by Gasteiger charge is 2.34. The minimum atomic E-state index is 0.294. The fourth-order valence-corrected chi connectivity index (χ4v) is 3.20. The van der Waals surface area contributed by atoms with E-state index in [2.05, 4.69) is 51.9 Å². The lowest BCUT2D eigenvalue weighted by Gasteiger charge is -2.42. The summed E-state index contributed by atoms with van der Waals surface area (Å²) in [6.07, 6.45) is 3.75. The first-order chi connectivity index (χ1) is 9.34. The van der Waals surface area contributed by atoms with Gasteiger partial charge in [-0.15, -0.1) is 0 Å². The van der Waals surface area contributed by atoms with Crippen LogP contribution in [-0.4, -0.2) is 50.3 Å². The molecule has 0 saturated carbocycles. The Morgan fingerprint density at radius 1 is 1.20 bits per heavy atom. The molecule has 3 nitrogen and oxygen atoms in total. The molecule has 0 aromatic heterocycles. The summed E-state index contributed by atoms with van der Waals surface area (Å²) in [5.41, 5.74) is 0.294. The molecule has 0 aliphatic carbocycles. The van der Waals surface area contributed by atoms with Crippen LogP contribution in [0.5, 0.6) is 0 Å². The van der Waals surface area contributed by atoms with E-state index in [9.17, 15) is 0 Å². The highest BCUT2D eigenvalue weighted by molar-refractivity contribution is 4.88. The van der Waals surface area contributed by atoms with Crippen LogP contribution >= 0.6 is 0 Å². The molecule has 0 aromatic carbocycles. The lowest BCUT2D eigenvalue weighted by Crippen LogP contribution is -2.51. The van der Waals surface area contributed by atoms with E-state index in [1.165, 1.54) is 19.3 Å². The summed E-state index contributed by atoms with van der Waals surface area (Å²) in [4.78, 5) is 2.54. The van der Waals surface area contributed by atoms with E-state index in [1.807, 2.05) is 0 Å². The summed E-state index contributed by atoms with van der Waals surface area (Å²) in [6, 6.07) is 1.19. The van der Waals surface area contributed by atoms with E-state index in [-0.39, 0.29) is 0 Å². The van der Waals surface area contributed by atoms with Crippen LogP contribution in [0, 0.1) is 11.3 Å². The number of rotatable bonds is 8. The quantitative estimate of drug-likeness (QED) is 0.741. The average Bonchev–Trinajstić information content (AvgIpc) is 2.37. The minimum Gasteiger partial charge on any atom is -0.381 e. The van der Waals surface area contributed by atoms with Gasteiger partial charge in [0, 0.05) is 37.2 Å². The maximum absolute atomic E-state index is 5.81. The molecule has 0 amide bonds. The van der Waals surface area contributed by atoms with Gasteiger partial charge in [-0.3, -0.25) is 0 Å². The number of nitrogens with zero attached hydrogens (tertiary/aromatic N) is 1. The van der Waals surface area contributed by atoms with Crippen molar-refractivity contribution >= 4 is 0 Å². The molecule has 20 heavy (non-hydrogen) atoms. The Kier molecular flexibility index (Phi) is 7.49. The van der Waals surface area contributed by atoms with Crippen LogP contribution in [0.4, 0.5) is 0 Å². The van der Waals surface area contributed by atoms with E-state index in [1.54, 1.807) is 0 Å². The summed E-state index contributed by atoms with van der Waals surface area (Å²) >= 11 is 0. The van der Waals surface area contributed by atoms with Crippen molar-refractivity contribution in [1.82, 2.24) is 10.2 Å². The zero-order chi connectivity index (χ0) is 15.2. The highest BCUT2D eigenvalue weighted by Crippen LogP contribution is 2.30. The molecule has 0 radical (unpaired) electrons. The molecule has 3 heteroatoms. The molecule has 2 unspecified atom stereocenters. The third-order valence-corrected chi connectivity index (χ3v) is 4.44. The van der Waals surface area contributed by atoms with Gasteiger partial charge in [0.25, 0.3) is 0 Å². The van der Waals surface area contributed by atoms with Crippen LogP contribution in [0.25, 0.3) is 0 Å². The van der Waals surface area contributed by atoms with Crippen molar-refractivity contribution in [3.63, 3.8) is 0 Å². The zero-order valence-electron chi connectivity index (χ0n) is 14.5. The summed E-state index contributed by atoms with van der Waals surface area (Å²) < 4.78 is 5.81. The van der Waals surface area contributed by atoms with Gasteiger partial charge in [0.2, 0.25) is 0 Å². The van der Waals surface area contributed by atoms with Gasteiger partial charge >= 0.3 is 0 Å². The molecule has 2 atom stereocenters. The van der Waals surface area contributed by atoms with Gasteiger partial charge in [-0.05, 0) is 39.2 Å². The summed E-state index contributed by atoms with van der Waals surface area (Å²) in [5.74, 6) is 0.764. The van der Waals surface area contributed by atoms with Crippen molar-refractivity contribution < 1.29 is 4.74 Å². The Morgan fingerprint density at radius 2 is 1.90 bits per heavy atom. The van der Waals surface area contributed by atoms with E-state index < -0.39 is 0 Å². The molecule has 0 spiro atoms. The fourth-order valence-electron chi connectivity index (χ4n) is 3.20. The molecule has 1 heterocycles. The van der Waals surface area contributed by atoms with Gasteiger partial charge < -0.3 is 15.0 Å². The van der Waals surface area contributed by atoms with E-state index >= 15 is 0 Å². The van der Waals surface area contributed by atoms with Crippen LogP contribution in [0.1, 0.15) is 53.9 Å². The van der Waals surface area contributed by atoms with E-state index in [0.29, 0.717) is 17.5 Å². The van der Waals surface area contributed by atoms with E-state index in [0.717, 1.165) is 32.2 Å². The van der Waals surface area contributed by atoms with Crippen LogP contribution < -0.4 is 5.32 Å². The van der Waals surface area contributed by atoms with Crippen molar-refractivity contribution in [3.05, 3.63) is 0 Å². The van der Waals surface area contributed by atoms with Crippen LogP contribution in [0.15, 0.2) is 0 Å². The SMILES string of the molecule is CC(C)CC(C)N(C)CC1(CNC(C)C)CCCOC1. The Balaban J connectivity index is 2.59. The maximum Gasteiger partial charge on any atom is 0.0546 e. The monoisotopic (exact) mass is 284 g/mol. The fraction of sp³-hybridized carbons (Fsp3) is 1.00. The number of hydrogen-bond donors (Lipinski definition) is 1. The predicted octanol–water partition coefficient (Wildman–Crippen LogP) is 3.15. The second kappa shape index (κ2) is 8.35.